The molecule has 0 saturated carbocycles. The smallest absolute Gasteiger partial charge is 0.374 e. The second-order valence-corrected chi connectivity index (χ2v) is 5.64. The standard InChI is InChI=1S/C19H16N4O3/c1-2-25-19(24)17-15(14-10-6-7-11-16(14)26-17)12-23-21-18(20-22-23)13-8-4-3-5-9-13/h3-11H,2,12H2,1H3. The zero-order valence-electron chi connectivity index (χ0n) is 14.1. The van der Waals surface area contributed by atoms with E-state index >= 15 is 0 Å². The van der Waals surface area contributed by atoms with Gasteiger partial charge in [-0.3, -0.25) is 0 Å². The van der Waals surface area contributed by atoms with E-state index in [1.807, 2.05) is 54.6 Å². The molecule has 7 nitrogen and oxygen atoms in total. The van der Waals surface area contributed by atoms with Crippen molar-refractivity contribution in [2.45, 2.75) is 13.5 Å². The summed E-state index contributed by atoms with van der Waals surface area (Å²) >= 11 is 0. The van der Waals surface area contributed by atoms with Gasteiger partial charge in [-0.05, 0) is 18.2 Å². The Balaban J connectivity index is 1.72. The van der Waals surface area contributed by atoms with Crippen molar-refractivity contribution >= 4 is 16.9 Å². The summed E-state index contributed by atoms with van der Waals surface area (Å²) in [5, 5.41) is 13.4. The molecule has 2 aromatic carbocycles. The average Bonchev–Trinajstić information content (AvgIpc) is 3.28. The van der Waals surface area contributed by atoms with Crippen molar-refractivity contribution in [1.82, 2.24) is 20.2 Å². The van der Waals surface area contributed by atoms with Crippen LogP contribution in [-0.4, -0.2) is 32.8 Å². The lowest BCUT2D eigenvalue weighted by Crippen LogP contribution is -2.10. The Hall–Kier alpha value is -3.48. The Morgan fingerprint density at radius 2 is 1.88 bits per heavy atom. The number of rotatable bonds is 5. The number of carbonyl (C=O) groups excluding carboxylic acids is 1. The van der Waals surface area contributed by atoms with Gasteiger partial charge < -0.3 is 9.15 Å². The minimum Gasteiger partial charge on any atom is -0.460 e. The Morgan fingerprint density at radius 3 is 2.69 bits per heavy atom. The number of esters is 1. The highest BCUT2D eigenvalue weighted by Crippen LogP contribution is 2.27. The Morgan fingerprint density at radius 1 is 1.12 bits per heavy atom. The molecule has 4 aromatic rings. The van der Waals surface area contributed by atoms with E-state index in [1.165, 1.54) is 4.80 Å². The van der Waals surface area contributed by atoms with Crippen LogP contribution in [0, 0.1) is 0 Å². The third-order valence-electron chi connectivity index (χ3n) is 3.94. The third kappa shape index (κ3) is 2.95. The van der Waals surface area contributed by atoms with E-state index in [-0.39, 0.29) is 18.9 Å². The SMILES string of the molecule is CCOC(=O)c1oc2ccccc2c1Cn1nnc(-c2ccccc2)n1. The van der Waals surface area contributed by atoms with Gasteiger partial charge in [0.15, 0.2) is 0 Å². The number of furan rings is 1. The van der Waals surface area contributed by atoms with Crippen molar-refractivity contribution in [1.29, 1.82) is 0 Å². The molecule has 0 N–H and O–H groups in total. The zero-order valence-corrected chi connectivity index (χ0v) is 14.1. The number of hydrogen-bond donors (Lipinski definition) is 0. The molecule has 0 atom stereocenters. The monoisotopic (exact) mass is 348 g/mol. The molecule has 0 aliphatic heterocycles. The van der Waals surface area contributed by atoms with Crippen molar-refractivity contribution in [2.24, 2.45) is 0 Å². The van der Waals surface area contributed by atoms with Crippen molar-refractivity contribution < 1.29 is 13.9 Å². The van der Waals surface area contributed by atoms with Crippen molar-refractivity contribution in [3.8, 4) is 11.4 Å². The van der Waals surface area contributed by atoms with Crippen LogP contribution >= 0.6 is 0 Å². The molecule has 26 heavy (non-hydrogen) atoms. The summed E-state index contributed by atoms with van der Waals surface area (Å²) in [6.45, 7) is 2.28. The molecule has 0 bridgehead atoms. The molecule has 2 aromatic heterocycles. The molecule has 0 amide bonds. The number of nitrogens with zero attached hydrogens (tertiary/aromatic N) is 4. The minimum absolute atomic E-state index is 0.173. The van der Waals surface area contributed by atoms with Gasteiger partial charge in [0.1, 0.15) is 5.58 Å². The maximum Gasteiger partial charge on any atom is 0.374 e. The van der Waals surface area contributed by atoms with Crippen molar-refractivity contribution in [3.63, 3.8) is 0 Å². The highest BCUT2D eigenvalue weighted by atomic mass is 16.5. The van der Waals surface area contributed by atoms with Gasteiger partial charge in [-0.25, -0.2) is 4.79 Å². The molecule has 130 valence electrons. The number of carbonyl (C=O) groups is 1. The van der Waals surface area contributed by atoms with Gasteiger partial charge in [-0.1, -0.05) is 48.5 Å². The predicted molar refractivity (Wildman–Crippen MR) is 94.5 cm³/mol. The van der Waals surface area contributed by atoms with Crippen LogP contribution in [0.2, 0.25) is 0 Å². The first-order chi connectivity index (χ1) is 12.8. The normalized spacial score (nSPS) is 11.0. The van der Waals surface area contributed by atoms with Crippen molar-refractivity contribution in [2.75, 3.05) is 6.61 Å². The quantitative estimate of drug-likeness (QED) is 0.515. The first-order valence-electron chi connectivity index (χ1n) is 8.27. The van der Waals surface area contributed by atoms with Gasteiger partial charge in [-0.2, -0.15) is 4.80 Å². The second kappa shape index (κ2) is 6.79. The number of para-hydroxylation sites is 1. The maximum atomic E-state index is 12.3. The Bertz CT molecular complexity index is 1050. The molecular formula is C19H16N4O3. The topological polar surface area (TPSA) is 83.0 Å². The number of ether oxygens (including phenoxy) is 1. The fourth-order valence-corrected chi connectivity index (χ4v) is 2.77. The highest BCUT2D eigenvalue weighted by molar-refractivity contribution is 5.96. The zero-order chi connectivity index (χ0) is 17.9. The molecule has 2 heterocycles. The van der Waals surface area contributed by atoms with E-state index in [0.29, 0.717) is 17.0 Å². The lowest BCUT2D eigenvalue weighted by atomic mass is 10.1. The molecule has 0 fully saturated rings. The lowest BCUT2D eigenvalue weighted by Gasteiger charge is -2.02. The largest absolute Gasteiger partial charge is 0.460 e. The Labute approximate surface area is 149 Å². The molecule has 0 radical (unpaired) electrons. The van der Waals surface area contributed by atoms with Crippen LogP contribution in [0.3, 0.4) is 0 Å². The van der Waals surface area contributed by atoms with E-state index in [0.717, 1.165) is 10.9 Å². The summed E-state index contributed by atoms with van der Waals surface area (Å²) < 4.78 is 10.8. The number of tetrazole rings is 1. The average molecular weight is 348 g/mol. The highest BCUT2D eigenvalue weighted by Gasteiger charge is 2.22. The summed E-state index contributed by atoms with van der Waals surface area (Å²) in [6.07, 6.45) is 0. The van der Waals surface area contributed by atoms with Gasteiger partial charge >= 0.3 is 5.97 Å². The van der Waals surface area contributed by atoms with E-state index < -0.39 is 5.97 Å². The molecule has 7 heteroatoms. The van der Waals surface area contributed by atoms with Crippen LogP contribution in [0.15, 0.2) is 59.0 Å². The third-order valence-corrected chi connectivity index (χ3v) is 3.94. The molecule has 4 rings (SSSR count). The van der Waals surface area contributed by atoms with Crippen LogP contribution in [0.1, 0.15) is 23.0 Å². The van der Waals surface area contributed by atoms with Crippen LogP contribution in [0.5, 0.6) is 0 Å². The van der Waals surface area contributed by atoms with Crippen LogP contribution < -0.4 is 0 Å². The summed E-state index contributed by atoms with van der Waals surface area (Å²) in [5.74, 6) is 0.199. The lowest BCUT2D eigenvalue weighted by molar-refractivity contribution is 0.0490. The second-order valence-electron chi connectivity index (χ2n) is 5.64. The maximum absolute atomic E-state index is 12.3. The van der Waals surface area contributed by atoms with Crippen LogP contribution in [-0.2, 0) is 11.3 Å². The molecule has 0 aliphatic rings. The predicted octanol–water partition coefficient (Wildman–Crippen LogP) is 3.31. The van der Waals surface area contributed by atoms with Crippen LogP contribution in [0.4, 0.5) is 0 Å². The summed E-state index contributed by atoms with van der Waals surface area (Å²) in [6, 6.07) is 17.0. The first kappa shape index (κ1) is 16.0. The molecule has 0 spiro atoms. The van der Waals surface area contributed by atoms with E-state index in [4.69, 9.17) is 9.15 Å². The fourth-order valence-electron chi connectivity index (χ4n) is 2.77. The molecular weight excluding hydrogens is 332 g/mol. The van der Waals surface area contributed by atoms with Gasteiger partial charge in [-0.15, -0.1) is 10.2 Å². The van der Waals surface area contributed by atoms with Crippen molar-refractivity contribution in [3.05, 3.63) is 65.9 Å². The minimum atomic E-state index is -0.498. The van der Waals surface area contributed by atoms with Gasteiger partial charge in [0.05, 0.1) is 13.2 Å². The molecule has 0 unspecified atom stereocenters. The Kier molecular flexibility index (Phi) is 4.18. The number of hydrogen-bond acceptors (Lipinski definition) is 6. The summed E-state index contributed by atoms with van der Waals surface area (Å²) in [4.78, 5) is 13.7. The first-order valence-corrected chi connectivity index (χ1v) is 8.27. The number of fused-ring (bicyclic) bond motifs is 1. The van der Waals surface area contributed by atoms with E-state index in [1.54, 1.807) is 6.92 Å². The molecule has 0 aliphatic carbocycles. The summed E-state index contributed by atoms with van der Waals surface area (Å²) in [5.41, 5.74) is 2.17. The molecule has 0 saturated heterocycles. The van der Waals surface area contributed by atoms with Gasteiger partial charge in [0, 0.05) is 16.5 Å². The van der Waals surface area contributed by atoms with E-state index in [9.17, 15) is 4.79 Å². The number of benzene rings is 2. The number of aromatic nitrogens is 4. The van der Waals surface area contributed by atoms with Crippen LogP contribution in [0.25, 0.3) is 22.4 Å². The van der Waals surface area contributed by atoms with E-state index in [2.05, 4.69) is 15.4 Å². The fraction of sp³-hybridized carbons (Fsp3) is 0.158. The summed E-state index contributed by atoms with van der Waals surface area (Å²) in [7, 11) is 0. The van der Waals surface area contributed by atoms with Gasteiger partial charge in [0.25, 0.3) is 0 Å². The van der Waals surface area contributed by atoms with Gasteiger partial charge in [0.2, 0.25) is 11.6 Å².